The zero-order valence-corrected chi connectivity index (χ0v) is 12.2. The average molecular weight is 275 g/mol. The standard InChI is InChI=1S/C15H21N3O2/c1-11-14(15(20-3)18(2)17-11)10-16-13-6-4-12(5-7-13)8-9-19/h4-7,16,19H,8-10H2,1-3H3. The number of rotatable bonds is 6. The molecule has 0 saturated carbocycles. The molecule has 0 saturated heterocycles. The zero-order chi connectivity index (χ0) is 14.5. The number of anilines is 1. The first kappa shape index (κ1) is 14.4. The highest BCUT2D eigenvalue weighted by atomic mass is 16.5. The van der Waals surface area contributed by atoms with Crippen LogP contribution in [0.2, 0.25) is 0 Å². The molecule has 0 aliphatic rings. The van der Waals surface area contributed by atoms with Gasteiger partial charge in [0.1, 0.15) is 0 Å². The lowest BCUT2D eigenvalue weighted by Crippen LogP contribution is -2.03. The molecule has 2 aromatic rings. The third-order valence-corrected chi connectivity index (χ3v) is 3.31. The number of aliphatic hydroxyl groups is 1. The SMILES string of the molecule is COc1c(CNc2ccc(CCO)cc2)c(C)nn1C. The number of nitrogens with zero attached hydrogens (tertiary/aromatic N) is 2. The number of aryl methyl sites for hydroxylation is 2. The number of nitrogens with one attached hydrogen (secondary N) is 1. The van der Waals surface area contributed by atoms with Crippen LogP contribution in [0.1, 0.15) is 16.8 Å². The van der Waals surface area contributed by atoms with Crippen molar-refractivity contribution in [2.45, 2.75) is 19.9 Å². The van der Waals surface area contributed by atoms with Gasteiger partial charge in [-0.15, -0.1) is 0 Å². The van der Waals surface area contributed by atoms with E-state index in [1.807, 2.05) is 38.2 Å². The number of aromatic nitrogens is 2. The molecule has 20 heavy (non-hydrogen) atoms. The Balaban J connectivity index is 2.05. The van der Waals surface area contributed by atoms with Gasteiger partial charge in [0.25, 0.3) is 0 Å². The largest absolute Gasteiger partial charge is 0.481 e. The van der Waals surface area contributed by atoms with E-state index in [-0.39, 0.29) is 6.61 Å². The Bertz CT molecular complexity index is 561. The van der Waals surface area contributed by atoms with E-state index in [9.17, 15) is 0 Å². The van der Waals surface area contributed by atoms with E-state index in [1.54, 1.807) is 11.8 Å². The normalized spacial score (nSPS) is 10.6. The fourth-order valence-corrected chi connectivity index (χ4v) is 2.25. The van der Waals surface area contributed by atoms with Crippen molar-refractivity contribution in [3.05, 3.63) is 41.1 Å². The summed E-state index contributed by atoms with van der Waals surface area (Å²) in [5, 5.41) is 16.6. The summed E-state index contributed by atoms with van der Waals surface area (Å²) < 4.78 is 7.12. The second kappa shape index (κ2) is 6.43. The predicted octanol–water partition coefficient (Wildman–Crippen LogP) is 1.88. The molecule has 0 bridgehead atoms. The Morgan fingerprint density at radius 2 is 2.00 bits per heavy atom. The van der Waals surface area contributed by atoms with Gasteiger partial charge in [0, 0.05) is 25.9 Å². The Morgan fingerprint density at radius 3 is 2.60 bits per heavy atom. The number of methoxy groups -OCH3 is 1. The average Bonchev–Trinajstić information content (AvgIpc) is 2.72. The van der Waals surface area contributed by atoms with Gasteiger partial charge in [-0.05, 0) is 31.0 Å². The molecular formula is C15H21N3O2. The van der Waals surface area contributed by atoms with Crippen LogP contribution in [0.25, 0.3) is 0 Å². The second-order valence-electron chi connectivity index (χ2n) is 4.72. The summed E-state index contributed by atoms with van der Waals surface area (Å²) in [6.45, 7) is 2.82. The van der Waals surface area contributed by atoms with Gasteiger partial charge in [-0.3, -0.25) is 0 Å². The molecule has 0 radical (unpaired) electrons. The highest BCUT2D eigenvalue weighted by Crippen LogP contribution is 2.22. The van der Waals surface area contributed by atoms with Crippen LogP contribution < -0.4 is 10.1 Å². The zero-order valence-electron chi connectivity index (χ0n) is 12.2. The molecule has 1 aromatic carbocycles. The van der Waals surface area contributed by atoms with Gasteiger partial charge in [0.05, 0.1) is 18.4 Å². The van der Waals surface area contributed by atoms with Crippen LogP contribution in [-0.2, 0) is 20.0 Å². The van der Waals surface area contributed by atoms with E-state index in [1.165, 1.54) is 0 Å². The van der Waals surface area contributed by atoms with Crippen LogP contribution in [0.3, 0.4) is 0 Å². The minimum Gasteiger partial charge on any atom is -0.481 e. The molecule has 0 atom stereocenters. The molecule has 2 rings (SSSR count). The van der Waals surface area contributed by atoms with Gasteiger partial charge >= 0.3 is 0 Å². The van der Waals surface area contributed by atoms with E-state index in [0.29, 0.717) is 13.0 Å². The Hall–Kier alpha value is -2.01. The highest BCUT2D eigenvalue weighted by Gasteiger charge is 2.13. The first-order valence-corrected chi connectivity index (χ1v) is 6.66. The molecule has 2 N–H and O–H groups in total. The molecule has 0 aliphatic carbocycles. The van der Waals surface area contributed by atoms with E-state index in [2.05, 4.69) is 10.4 Å². The van der Waals surface area contributed by atoms with E-state index < -0.39 is 0 Å². The summed E-state index contributed by atoms with van der Waals surface area (Å²) in [4.78, 5) is 0. The lowest BCUT2D eigenvalue weighted by molar-refractivity contribution is 0.299. The van der Waals surface area contributed by atoms with E-state index in [4.69, 9.17) is 9.84 Å². The first-order valence-electron chi connectivity index (χ1n) is 6.66. The van der Waals surface area contributed by atoms with Crippen molar-refractivity contribution in [3.8, 4) is 5.88 Å². The Kier molecular flexibility index (Phi) is 4.63. The molecule has 1 heterocycles. The first-order chi connectivity index (χ1) is 9.65. The summed E-state index contributed by atoms with van der Waals surface area (Å²) >= 11 is 0. The van der Waals surface area contributed by atoms with Crippen molar-refractivity contribution in [2.24, 2.45) is 7.05 Å². The van der Waals surface area contributed by atoms with Gasteiger partial charge in [0.2, 0.25) is 5.88 Å². The number of hydrogen-bond acceptors (Lipinski definition) is 4. The number of benzene rings is 1. The van der Waals surface area contributed by atoms with Crippen LogP contribution in [0.4, 0.5) is 5.69 Å². The maximum atomic E-state index is 8.89. The minimum atomic E-state index is 0.179. The van der Waals surface area contributed by atoms with Crippen molar-refractivity contribution in [3.63, 3.8) is 0 Å². The Morgan fingerprint density at radius 1 is 1.30 bits per heavy atom. The highest BCUT2D eigenvalue weighted by molar-refractivity contribution is 5.46. The smallest absolute Gasteiger partial charge is 0.216 e. The van der Waals surface area contributed by atoms with E-state index in [0.717, 1.165) is 28.4 Å². The van der Waals surface area contributed by atoms with Gasteiger partial charge in [-0.25, -0.2) is 4.68 Å². The summed E-state index contributed by atoms with van der Waals surface area (Å²) in [6, 6.07) is 8.07. The van der Waals surface area contributed by atoms with Crippen molar-refractivity contribution in [2.75, 3.05) is 19.0 Å². The molecule has 0 spiro atoms. The lowest BCUT2D eigenvalue weighted by Gasteiger charge is -2.09. The summed E-state index contributed by atoms with van der Waals surface area (Å²) in [5.74, 6) is 0.784. The van der Waals surface area contributed by atoms with E-state index >= 15 is 0 Å². The number of hydrogen-bond donors (Lipinski definition) is 2. The maximum absolute atomic E-state index is 8.89. The van der Waals surface area contributed by atoms with Crippen molar-refractivity contribution < 1.29 is 9.84 Å². The van der Waals surface area contributed by atoms with Crippen LogP contribution in [0.15, 0.2) is 24.3 Å². The third-order valence-electron chi connectivity index (χ3n) is 3.31. The summed E-state index contributed by atoms with van der Waals surface area (Å²) in [5.41, 5.74) is 4.20. The topological polar surface area (TPSA) is 59.3 Å². The van der Waals surface area contributed by atoms with Crippen molar-refractivity contribution in [1.29, 1.82) is 0 Å². The quantitative estimate of drug-likeness (QED) is 0.845. The monoisotopic (exact) mass is 275 g/mol. The molecule has 5 heteroatoms. The van der Waals surface area contributed by atoms with Gasteiger partial charge < -0.3 is 15.2 Å². The fourth-order valence-electron chi connectivity index (χ4n) is 2.25. The van der Waals surface area contributed by atoms with Crippen LogP contribution in [0, 0.1) is 6.92 Å². The maximum Gasteiger partial charge on any atom is 0.216 e. The summed E-state index contributed by atoms with van der Waals surface area (Å²) in [7, 11) is 3.53. The number of aliphatic hydroxyl groups excluding tert-OH is 1. The van der Waals surface area contributed by atoms with Crippen LogP contribution >= 0.6 is 0 Å². The molecule has 0 aliphatic heterocycles. The lowest BCUT2D eigenvalue weighted by atomic mass is 10.1. The summed E-state index contributed by atoms with van der Waals surface area (Å²) in [6.07, 6.45) is 0.690. The molecule has 0 fully saturated rings. The van der Waals surface area contributed by atoms with Gasteiger partial charge in [-0.2, -0.15) is 5.10 Å². The molecule has 108 valence electrons. The van der Waals surface area contributed by atoms with Crippen molar-refractivity contribution >= 4 is 5.69 Å². The minimum absolute atomic E-state index is 0.179. The fraction of sp³-hybridized carbons (Fsp3) is 0.400. The van der Waals surface area contributed by atoms with Crippen molar-refractivity contribution in [1.82, 2.24) is 9.78 Å². The van der Waals surface area contributed by atoms with Crippen LogP contribution in [0.5, 0.6) is 5.88 Å². The van der Waals surface area contributed by atoms with Gasteiger partial charge in [0.15, 0.2) is 0 Å². The molecule has 0 unspecified atom stereocenters. The predicted molar refractivity (Wildman–Crippen MR) is 79.1 cm³/mol. The second-order valence-corrected chi connectivity index (χ2v) is 4.72. The molecule has 1 aromatic heterocycles. The third kappa shape index (κ3) is 3.11. The molecule has 0 amide bonds. The Labute approximate surface area is 119 Å². The van der Waals surface area contributed by atoms with Gasteiger partial charge in [-0.1, -0.05) is 12.1 Å². The molecular weight excluding hydrogens is 254 g/mol. The number of ether oxygens (including phenoxy) is 1. The van der Waals surface area contributed by atoms with Crippen LogP contribution in [-0.4, -0.2) is 28.6 Å². The molecule has 5 nitrogen and oxygen atoms in total.